The fraction of sp³-hybridized carbons (Fsp3) is 0.933. The summed E-state index contributed by atoms with van der Waals surface area (Å²) in [6, 6.07) is 0. The van der Waals surface area contributed by atoms with Gasteiger partial charge in [-0.05, 0) is 58.8 Å². The van der Waals surface area contributed by atoms with Crippen LogP contribution in [-0.2, 0) is 4.79 Å². The van der Waals surface area contributed by atoms with Crippen molar-refractivity contribution in [3.8, 4) is 0 Å². The van der Waals surface area contributed by atoms with E-state index >= 15 is 0 Å². The molecule has 2 rings (SSSR count). The Balaban J connectivity index is 0.00000200. The molecule has 0 aromatic carbocycles. The molecule has 1 unspecified atom stereocenters. The number of nitrogens with zero attached hydrogens (tertiary/aromatic N) is 1. The molecule has 0 bridgehead atoms. The average Bonchev–Trinajstić information content (AvgIpc) is 3.05. The standard InChI is InChI=1S/C15H29N3O.2ClH/c1-18(2)15(8-3-4-9-15)12-17-14(19)6-5-13-7-10-16-11-13;;/h13,16H,3-12H2,1-2H3,(H,17,19);2*1H. The maximum atomic E-state index is 12.0. The molecule has 1 amide bonds. The molecule has 126 valence electrons. The molecule has 0 radical (unpaired) electrons. The highest BCUT2D eigenvalue weighted by Gasteiger charge is 2.36. The monoisotopic (exact) mass is 339 g/mol. The highest BCUT2D eigenvalue weighted by Crippen LogP contribution is 2.33. The Morgan fingerprint density at radius 2 is 1.95 bits per heavy atom. The molecule has 4 nitrogen and oxygen atoms in total. The first-order valence-electron chi connectivity index (χ1n) is 7.77. The Labute approximate surface area is 141 Å². The van der Waals surface area contributed by atoms with Crippen LogP contribution in [0.2, 0.25) is 0 Å². The number of amides is 1. The second-order valence-electron chi connectivity index (χ2n) is 6.50. The summed E-state index contributed by atoms with van der Waals surface area (Å²) in [6.07, 6.45) is 7.97. The van der Waals surface area contributed by atoms with Crippen molar-refractivity contribution < 1.29 is 4.79 Å². The second-order valence-corrected chi connectivity index (χ2v) is 6.50. The average molecular weight is 340 g/mol. The topological polar surface area (TPSA) is 44.4 Å². The van der Waals surface area contributed by atoms with Gasteiger partial charge in [-0.2, -0.15) is 0 Å². The first-order chi connectivity index (χ1) is 9.12. The third-order valence-electron chi connectivity index (χ3n) is 5.04. The lowest BCUT2D eigenvalue weighted by molar-refractivity contribution is -0.122. The third-order valence-corrected chi connectivity index (χ3v) is 5.04. The van der Waals surface area contributed by atoms with Crippen LogP contribution in [0, 0.1) is 5.92 Å². The minimum Gasteiger partial charge on any atom is -0.354 e. The molecule has 1 saturated carbocycles. The molecule has 2 fully saturated rings. The minimum atomic E-state index is 0. The summed E-state index contributed by atoms with van der Waals surface area (Å²) in [4.78, 5) is 14.3. The SMILES string of the molecule is CN(C)C1(CNC(=O)CCC2CCNC2)CCCC1.Cl.Cl. The van der Waals surface area contributed by atoms with Gasteiger partial charge in [0.1, 0.15) is 0 Å². The van der Waals surface area contributed by atoms with E-state index in [1.54, 1.807) is 0 Å². The van der Waals surface area contributed by atoms with Gasteiger partial charge in [0, 0.05) is 18.5 Å². The van der Waals surface area contributed by atoms with E-state index in [0.29, 0.717) is 12.3 Å². The molecule has 0 aromatic heterocycles. The summed E-state index contributed by atoms with van der Waals surface area (Å²) >= 11 is 0. The summed E-state index contributed by atoms with van der Waals surface area (Å²) in [7, 11) is 4.28. The number of rotatable bonds is 6. The van der Waals surface area contributed by atoms with Gasteiger partial charge in [0.2, 0.25) is 5.91 Å². The van der Waals surface area contributed by atoms with Crippen LogP contribution in [0.15, 0.2) is 0 Å². The van der Waals surface area contributed by atoms with Crippen molar-refractivity contribution in [2.24, 2.45) is 5.92 Å². The van der Waals surface area contributed by atoms with Gasteiger partial charge < -0.3 is 15.5 Å². The largest absolute Gasteiger partial charge is 0.354 e. The smallest absolute Gasteiger partial charge is 0.220 e. The summed E-state index contributed by atoms with van der Waals surface area (Å²) in [6.45, 7) is 3.03. The second kappa shape index (κ2) is 9.88. The Morgan fingerprint density at radius 1 is 1.29 bits per heavy atom. The number of hydrogen-bond acceptors (Lipinski definition) is 3. The zero-order valence-corrected chi connectivity index (χ0v) is 15.0. The Bertz CT molecular complexity index is 301. The molecule has 21 heavy (non-hydrogen) atoms. The Morgan fingerprint density at radius 3 is 2.48 bits per heavy atom. The van der Waals surface area contributed by atoms with E-state index in [-0.39, 0.29) is 36.3 Å². The van der Waals surface area contributed by atoms with Gasteiger partial charge in [0.05, 0.1) is 0 Å². The molecule has 0 aromatic rings. The highest BCUT2D eigenvalue weighted by molar-refractivity contribution is 5.85. The van der Waals surface area contributed by atoms with Gasteiger partial charge in [-0.15, -0.1) is 24.8 Å². The summed E-state index contributed by atoms with van der Waals surface area (Å²) in [5.74, 6) is 0.945. The van der Waals surface area contributed by atoms with Crippen LogP contribution in [0.25, 0.3) is 0 Å². The van der Waals surface area contributed by atoms with Crippen molar-refractivity contribution in [1.29, 1.82) is 0 Å². The maximum Gasteiger partial charge on any atom is 0.220 e. The highest BCUT2D eigenvalue weighted by atomic mass is 35.5. The van der Waals surface area contributed by atoms with Crippen molar-refractivity contribution >= 4 is 30.7 Å². The van der Waals surface area contributed by atoms with Crippen molar-refractivity contribution in [2.45, 2.75) is 50.5 Å². The van der Waals surface area contributed by atoms with Crippen LogP contribution < -0.4 is 10.6 Å². The number of carbonyl (C=O) groups is 1. The van der Waals surface area contributed by atoms with Crippen LogP contribution in [0.3, 0.4) is 0 Å². The van der Waals surface area contributed by atoms with E-state index in [0.717, 1.165) is 26.1 Å². The van der Waals surface area contributed by atoms with Crippen molar-refractivity contribution in [3.63, 3.8) is 0 Å². The van der Waals surface area contributed by atoms with Crippen LogP contribution in [0.1, 0.15) is 44.9 Å². The molecule has 0 spiro atoms. The van der Waals surface area contributed by atoms with Crippen molar-refractivity contribution in [2.75, 3.05) is 33.7 Å². The number of halogens is 2. The van der Waals surface area contributed by atoms with Crippen LogP contribution >= 0.6 is 24.8 Å². The quantitative estimate of drug-likeness (QED) is 0.779. The minimum absolute atomic E-state index is 0. The van der Waals surface area contributed by atoms with Gasteiger partial charge in [-0.3, -0.25) is 4.79 Å². The number of carbonyl (C=O) groups excluding carboxylic acids is 1. The van der Waals surface area contributed by atoms with Crippen LogP contribution in [0.4, 0.5) is 0 Å². The van der Waals surface area contributed by atoms with E-state index in [1.165, 1.54) is 32.1 Å². The molecule has 1 atom stereocenters. The maximum absolute atomic E-state index is 12.0. The third kappa shape index (κ3) is 5.93. The summed E-state index contributed by atoms with van der Waals surface area (Å²) in [5, 5.41) is 6.53. The van der Waals surface area contributed by atoms with E-state index in [2.05, 4.69) is 29.6 Å². The van der Waals surface area contributed by atoms with Crippen molar-refractivity contribution in [1.82, 2.24) is 15.5 Å². The molecule has 2 N–H and O–H groups in total. The van der Waals surface area contributed by atoms with E-state index in [9.17, 15) is 4.79 Å². The molecular weight excluding hydrogens is 309 g/mol. The Kier molecular flexibility index (Phi) is 9.87. The molecule has 1 saturated heterocycles. The van der Waals surface area contributed by atoms with E-state index < -0.39 is 0 Å². The zero-order chi connectivity index (χ0) is 13.7. The van der Waals surface area contributed by atoms with Gasteiger partial charge in [-0.1, -0.05) is 12.8 Å². The van der Waals surface area contributed by atoms with Gasteiger partial charge in [0.15, 0.2) is 0 Å². The fourth-order valence-electron chi connectivity index (χ4n) is 3.46. The molecule has 1 aliphatic carbocycles. The normalized spacial score (nSPS) is 23.5. The molecule has 1 aliphatic heterocycles. The lowest BCUT2D eigenvalue weighted by atomic mass is 9.95. The predicted octanol–water partition coefficient (Wildman–Crippen LogP) is 2.21. The summed E-state index contributed by atoms with van der Waals surface area (Å²) < 4.78 is 0. The first-order valence-corrected chi connectivity index (χ1v) is 7.77. The zero-order valence-electron chi connectivity index (χ0n) is 13.3. The molecule has 1 heterocycles. The van der Waals surface area contributed by atoms with Gasteiger partial charge in [0.25, 0.3) is 0 Å². The van der Waals surface area contributed by atoms with Gasteiger partial charge >= 0.3 is 0 Å². The number of nitrogens with one attached hydrogen (secondary N) is 2. The fourth-order valence-corrected chi connectivity index (χ4v) is 3.46. The van der Waals surface area contributed by atoms with Crippen molar-refractivity contribution in [3.05, 3.63) is 0 Å². The lowest BCUT2D eigenvalue weighted by Gasteiger charge is -2.36. The number of likely N-dealkylation sites (N-methyl/N-ethyl adjacent to an activating group) is 1. The predicted molar refractivity (Wildman–Crippen MR) is 92.6 cm³/mol. The first kappa shape index (κ1) is 21.0. The number of hydrogen-bond donors (Lipinski definition) is 2. The lowest BCUT2D eigenvalue weighted by Crippen LogP contribution is -2.50. The molecule has 6 heteroatoms. The summed E-state index contributed by atoms with van der Waals surface area (Å²) in [5.41, 5.74) is 0.213. The van der Waals surface area contributed by atoms with Crippen LogP contribution in [0.5, 0.6) is 0 Å². The molecular formula is C15H31Cl2N3O. The van der Waals surface area contributed by atoms with Crippen LogP contribution in [-0.4, -0.2) is 50.1 Å². The van der Waals surface area contributed by atoms with E-state index in [4.69, 9.17) is 0 Å². The van der Waals surface area contributed by atoms with Gasteiger partial charge in [-0.25, -0.2) is 0 Å². The van der Waals surface area contributed by atoms with E-state index in [1.807, 2.05) is 0 Å². The Hall–Kier alpha value is -0.0300. The molecule has 2 aliphatic rings.